The molecular weight excluding hydrogens is 241 g/mol. The number of aromatic nitrogens is 1. The van der Waals surface area contributed by atoms with Crippen molar-refractivity contribution >= 4 is 0 Å². The molecule has 2 rings (SSSR count). The maximum Gasteiger partial charge on any atom is 0.123 e. The van der Waals surface area contributed by atoms with Crippen LogP contribution in [0.1, 0.15) is 36.6 Å². The molecule has 1 aromatic heterocycles. The molecule has 0 saturated heterocycles. The minimum Gasteiger partial charge on any atom is -0.387 e. The SMILES string of the molecule is Cc1cncc(C(O)C(C)(C)c2ccc(F)cc2)c1. The lowest BCUT2D eigenvalue weighted by molar-refractivity contribution is 0.0998. The number of hydrogen-bond donors (Lipinski definition) is 1. The molecule has 1 N–H and O–H groups in total. The Labute approximate surface area is 112 Å². The lowest BCUT2D eigenvalue weighted by Crippen LogP contribution is -2.27. The second-order valence-electron chi connectivity index (χ2n) is 5.43. The zero-order valence-electron chi connectivity index (χ0n) is 11.4. The molecule has 2 aromatic rings. The second kappa shape index (κ2) is 5.10. The molecule has 0 aliphatic heterocycles. The van der Waals surface area contributed by atoms with Gasteiger partial charge in [0.1, 0.15) is 5.82 Å². The number of aliphatic hydroxyl groups is 1. The Morgan fingerprint density at radius 3 is 2.37 bits per heavy atom. The summed E-state index contributed by atoms with van der Waals surface area (Å²) < 4.78 is 13.0. The molecule has 0 aliphatic rings. The van der Waals surface area contributed by atoms with Crippen molar-refractivity contribution in [2.45, 2.75) is 32.3 Å². The maximum absolute atomic E-state index is 13.0. The fourth-order valence-corrected chi connectivity index (χ4v) is 2.18. The van der Waals surface area contributed by atoms with E-state index in [0.717, 1.165) is 16.7 Å². The van der Waals surface area contributed by atoms with E-state index in [1.54, 1.807) is 24.5 Å². The van der Waals surface area contributed by atoms with Crippen LogP contribution in [0.2, 0.25) is 0 Å². The largest absolute Gasteiger partial charge is 0.387 e. The zero-order chi connectivity index (χ0) is 14.0. The summed E-state index contributed by atoms with van der Waals surface area (Å²) in [5, 5.41) is 10.6. The van der Waals surface area contributed by atoms with Crippen LogP contribution < -0.4 is 0 Å². The van der Waals surface area contributed by atoms with Crippen LogP contribution in [0.5, 0.6) is 0 Å². The van der Waals surface area contributed by atoms with Gasteiger partial charge in [0, 0.05) is 17.8 Å². The number of benzene rings is 1. The van der Waals surface area contributed by atoms with Crippen LogP contribution in [0.15, 0.2) is 42.7 Å². The molecule has 0 radical (unpaired) electrons. The molecule has 19 heavy (non-hydrogen) atoms. The van der Waals surface area contributed by atoms with E-state index >= 15 is 0 Å². The summed E-state index contributed by atoms with van der Waals surface area (Å²) in [6.07, 6.45) is 2.73. The summed E-state index contributed by atoms with van der Waals surface area (Å²) in [6, 6.07) is 8.17. The summed E-state index contributed by atoms with van der Waals surface area (Å²) >= 11 is 0. The van der Waals surface area contributed by atoms with Gasteiger partial charge in [-0.15, -0.1) is 0 Å². The monoisotopic (exact) mass is 259 g/mol. The van der Waals surface area contributed by atoms with Crippen LogP contribution in [0.4, 0.5) is 4.39 Å². The summed E-state index contributed by atoms with van der Waals surface area (Å²) in [5.74, 6) is -0.272. The highest BCUT2D eigenvalue weighted by atomic mass is 19.1. The predicted molar refractivity (Wildman–Crippen MR) is 73.4 cm³/mol. The number of nitrogens with zero attached hydrogens (tertiary/aromatic N) is 1. The fourth-order valence-electron chi connectivity index (χ4n) is 2.18. The van der Waals surface area contributed by atoms with Crippen LogP contribution in [0.3, 0.4) is 0 Å². The van der Waals surface area contributed by atoms with E-state index in [4.69, 9.17) is 0 Å². The Hall–Kier alpha value is -1.74. The fraction of sp³-hybridized carbons (Fsp3) is 0.312. The molecule has 0 saturated carbocycles. The summed E-state index contributed by atoms with van der Waals surface area (Å²) in [4.78, 5) is 4.11. The number of halogens is 1. The van der Waals surface area contributed by atoms with E-state index in [9.17, 15) is 9.50 Å². The standard InChI is InChI=1S/C16H18FNO/c1-11-8-12(10-18-9-11)15(19)16(2,3)13-4-6-14(17)7-5-13/h4-10,15,19H,1-3H3. The van der Waals surface area contributed by atoms with Gasteiger partial charge in [-0.05, 0) is 35.7 Å². The van der Waals surface area contributed by atoms with E-state index in [1.165, 1.54) is 12.1 Å². The summed E-state index contributed by atoms with van der Waals surface area (Å²) in [7, 11) is 0. The number of aliphatic hydroxyl groups excluding tert-OH is 1. The third-order valence-electron chi connectivity index (χ3n) is 3.48. The van der Waals surface area contributed by atoms with Gasteiger partial charge in [0.2, 0.25) is 0 Å². The van der Waals surface area contributed by atoms with Gasteiger partial charge in [0.05, 0.1) is 6.10 Å². The van der Waals surface area contributed by atoms with Crippen LogP contribution in [-0.4, -0.2) is 10.1 Å². The van der Waals surface area contributed by atoms with Crippen molar-refractivity contribution in [3.05, 3.63) is 65.2 Å². The van der Waals surface area contributed by atoms with Gasteiger partial charge in [0.25, 0.3) is 0 Å². The Morgan fingerprint density at radius 1 is 1.16 bits per heavy atom. The van der Waals surface area contributed by atoms with E-state index in [1.807, 2.05) is 26.8 Å². The van der Waals surface area contributed by atoms with Crippen LogP contribution in [0.25, 0.3) is 0 Å². The normalized spacial score (nSPS) is 13.3. The number of aryl methyl sites for hydroxylation is 1. The lowest BCUT2D eigenvalue weighted by atomic mass is 9.77. The number of pyridine rings is 1. The predicted octanol–water partition coefficient (Wildman–Crippen LogP) is 3.54. The number of hydrogen-bond acceptors (Lipinski definition) is 2. The van der Waals surface area contributed by atoms with Gasteiger partial charge in [-0.3, -0.25) is 4.98 Å². The molecule has 100 valence electrons. The molecule has 1 heterocycles. The molecule has 2 nitrogen and oxygen atoms in total. The van der Waals surface area contributed by atoms with E-state index < -0.39 is 11.5 Å². The van der Waals surface area contributed by atoms with Crippen LogP contribution in [0, 0.1) is 12.7 Å². The average molecular weight is 259 g/mol. The van der Waals surface area contributed by atoms with Crippen LogP contribution in [-0.2, 0) is 5.41 Å². The Balaban J connectivity index is 2.35. The summed E-state index contributed by atoms with van der Waals surface area (Å²) in [6.45, 7) is 5.81. The maximum atomic E-state index is 13.0. The molecule has 0 amide bonds. The van der Waals surface area contributed by atoms with Crippen molar-refractivity contribution in [3.63, 3.8) is 0 Å². The zero-order valence-corrected chi connectivity index (χ0v) is 11.4. The quantitative estimate of drug-likeness (QED) is 0.914. The molecule has 3 heteroatoms. The highest BCUT2D eigenvalue weighted by Crippen LogP contribution is 2.36. The molecule has 0 fully saturated rings. The molecule has 0 spiro atoms. The van der Waals surface area contributed by atoms with Crippen molar-refractivity contribution in [3.8, 4) is 0 Å². The lowest BCUT2D eigenvalue weighted by Gasteiger charge is -2.31. The first-order chi connectivity index (χ1) is 8.91. The first-order valence-electron chi connectivity index (χ1n) is 6.27. The van der Waals surface area contributed by atoms with Crippen LogP contribution >= 0.6 is 0 Å². The smallest absolute Gasteiger partial charge is 0.123 e. The Morgan fingerprint density at radius 2 is 1.79 bits per heavy atom. The van der Waals surface area contributed by atoms with Crippen molar-refractivity contribution in [1.29, 1.82) is 0 Å². The van der Waals surface area contributed by atoms with Gasteiger partial charge < -0.3 is 5.11 Å². The van der Waals surface area contributed by atoms with Gasteiger partial charge >= 0.3 is 0 Å². The Kier molecular flexibility index (Phi) is 3.67. The molecule has 1 aromatic carbocycles. The molecule has 0 bridgehead atoms. The summed E-state index contributed by atoms with van der Waals surface area (Å²) in [5.41, 5.74) is 2.16. The third kappa shape index (κ3) is 2.82. The highest BCUT2D eigenvalue weighted by molar-refractivity contribution is 5.30. The van der Waals surface area contributed by atoms with E-state index in [-0.39, 0.29) is 5.82 Å². The van der Waals surface area contributed by atoms with Gasteiger partial charge in [-0.2, -0.15) is 0 Å². The molecule has 1 atom stereocenters. The van der Waals surface area contributed by atoms with Gasteiger partial charge in [-0.25, -0.2) is 4.39 Å². The molecule has 1 unspecified atom stereocenters. The third-order valence-corrected chi connectivity index (χ3v) is 3.48. The highest BCUT2D eigenvalue weighted by Gasteiger charge is 2.31. The minimum absolute atomic E-state index is 0.272. The van der Waals surface area contributed by atoms with Crippen molar-refractivity contribution < 1.29 is 9.50 Å². The Bertz CT molecular complexity index is 563. The van der Waals surface area contributed by atoms with Crippen molar-refractivity contribution in [2.24, 2.45) is 0 Å². The molecule has 0 aliphatic carbocycles. The first-order valence-corrected chi connectivity index (χ1v) is 6.27. The number of rotatable bonds is 3. The van der Waals surface area contributed by atoms with E-state index in [0.29, 0.717) is 0 Å². The molecular formula is C16H18FNO. The van der Waals surface area contributed by atoms with Crippen molar-refractivity contribution in [1.82, 2.24) is 4.98 Å². The van der Waals surface area contributed by atoms with Gasteiger partial charge in [0.15, 0.2) is 0 Å². The minimum atomic E-state index is -0.689. The van der Waals surface area contributed by atoms with Gasteiger partial charge in [-0.1, -0.05) is 32.0 Å². The first kappa shape index (κ1) is 13.7. The van der Waals surface area contributed by atoms with E-state index in [2.05, 4.69) is 4.98 Å². The second-order valence-corrected chi connectivity index (χ2v) is 5.43. The average Bonchev–Trinajstić information content (AvgIpc) is 2.38. The topological polar surface area (TPSA) is 33.1 Å². The van der Waals surface area contributed by atoms with Crippen molar-refractivity contribution in [2.75, 3.05) is 0 Å².